The number of ether oxygens (including phenoxy) is 2. The molecule has 32 heavy (non-hydrogen) atoms. The number of carbonyl (C=O) groups is 1. The lowest BCUT2D eigenvalue weighted by molar-refractivity contribution is -0.133. The number of aliphatic hydroxyl groups is 1. The SMILES string of the molecule is COC(=O)/C(=C(/O)CSc1nnc(Nc2cccc(OC)c2)s1)c1nc2ccccc2[nH]1. The van der Waals surface area contributed by atoms with Crippen molar-refractivity contribution in [3.05, 3.63) is 60.1 Å². The van der Waals surface area contributed by atoms with Crippen LogP contribution in [-0.2, 0) is 9.53 Å². The average Bonchev–Trinajstić information content (AvgIpc) is 3.44. The second kappa shape index (κ2) is 9.71. The fraction of sp³-hybridized carbons (Fsp3) is 0.143. The summed E-state index contributed by atoms with van der Waals surface area (Å²) in [6, 6.07) is 14.8. The van der Waals surface area contributed by atoms with Gasteiger partial charge in [-0.3, -0.25) is 0 Å². The smallest absolute Gasteiger partial charge is 0.345 e. The average molecular weight is 470 g/mol. The summed E-state index contributed by atoms with van der Waals surface area (Å²) >= 11 is 2.57. The summed E-state index contributed by atoms with van der Waals surface area (Å²) in [5.41, 5.74) is 2.23. The van der Waals surface area contributed by atoms with Crippen molar-refractivity contribution in [2.75, 3.05) is 25.3 Å². The number of hydrogen-bond donors (Lipinski definition) is 3. The first kappa shape index (κ1) is 21.7. The van der Waals surface area contributed by atoms with Crippen LogP contribution in [0, 0.1) is 0 Å². The van der Waals surface area contributed by atoms with Crippen LogP contribution in [0.15, 0.2) is 58.6 Å². The second-order valence-electron chi connectivity index (χ2n) is 6.43. The van der Waals surface area contributed by atoms with Crippen molar-refractivity contribution in [2.24, 2.45) is 0 Å². The Morgan fingerprint density at radius 3 is 2.81 bits per heavy atom. The van der Waals surface area contributed by atoms with Gasteiger partial charge >= 0.3 is 5.97 Å². The Hall–Kier alpha value is -3.57. The fourth-order valence-electron chi connectivity index (χ4n) is 2.87. The minimum atomic E-state index is -0.681. The predicted molar refractivity (Wildman–Crippen MR) is 125 cm³/mol. The minimum absolute atomic E-state index is 0.0181. The van der Waals surface area contributed by atoms with E-state index in [0.717, 1.165) is 17.0 Å². The molecule has 0 radical (unpaired) electrons. The molecule has 0 bridgehead atoms. The van der Waals surface area contributed by atoms with Crippen molar-refractivity contribution >= 4 is 56.5 Å². The third kappa shape index (κ3) is 4.84. The van der Waals surface area contributed by atoms with Crippen LogP contribution < -0.4 is 10.1 Å². The molecule has 0 amide bonds. The molecule has 11 heteroatoms. The molecule has 2 aromatic carbocycles. The Balaban J connectivity index is 1.50. The lowest BCUT2D eigenvalue weighted by atomic mass is 10.2. The summed E-state index contributed by atoms with van der Waals surface area (Å²) in [5, 5.41) is 22.7. The number of rotatable bonds is 8. The number of hydrogen-bond acceptors (Lipinski definition) is 10. The van der Waals surface area contributed by atoms with Gasteiger partial charge in [0, 0.05) is 11.8 Å². The largest absolute Gasteiger partial charge is 0.510 e. The number of benzene rings is 2. The van der Waals surface area contributed by atoms with Crippen molar-refractivity contribution in [1.29, 1.82) is 0 Å². The highest BCUT2D eigenvalue weighted by molar-refractivity contribution is 8.01. The van der Waals surface area contributed by atoms with Crippen LogP contribution in [0.3, 0.4) is 0 Å². The van der Waals surface area contributed by atoms with E-state index in [1.807, 2.05) is 48.5 Å². The molecule has 0 saturated heterocycles. The first-order chi connectivity index (χ1) is 15.6. The number of methoxy groups -OCH3 is 2. The molecular formula is C21H19N5O4S2. The molecule has 0 saturated carbocycles. The van der Waals surface area contributed by atoms with E-state index < -0.39 is 5.97 Å². The van der Waals surface area contributed by atoms with Crippen LogP contribution in [0.1, 0.15) is 5.82 Å². The molecule has 164 valence electrons. The van der Waals surface area contributed by atoms with Crippen LogP contribution in [0.4, 0.5) is 10.8 Å². The van der Waals surface area contributed by atoms with Crippen LogP contribution in [0.5, 0.6) is 5.75 Å². The maximum absolute atomic E-state index is 12.3. The molecule has 0 atom stereocenters. The van der Waals surface area contributed by atoms with Gasteiger partial charge in [0.25, 0.3) is 0 Å². The molecule has 4 rings (SSSR count). The lowest BCUT2D eigenvalue weighted by Gasteiger charge is -2.06. The van der Waals surface area contributed by atoms with Gasteiger partial charge in [-0.15, -0.1) is 10.2 Å². The number of para-hydroxylation sites is 2. The number of nitrogens with one attached hydrogen (secondary N) is 2. The van der Waals surface area contributed by atoms with E-state index in [0.29, 0.717) is 15.0 Å². The van der Waals surface area contributed by atoms with Crippen LogP contribution in [-0.4, -0.2) is 51.2 Å². The molecule has 0 spiro atoms. The summed E-state index contributed by atoms with van der Waals surface area (Å²) in [7, 11) is 2.86. The number of esters is 1. The molecule has 0 fully saturated rings. The van der Waals surface area contributed by atoms with Crippen molar-refractivity contribution in [3.8, 4) is 5.75 Å². The van der Waals surface area contributed by atoms with Crippen molar-refractivity contribution in [2.45, 2.75) is 4.34 Å². The Bertz CT molecular complexity index is 1250. The van der Waals surface area contributed by atoms with E-state index >= 15 is 0 Å². The van der Waals surface area contributed by atoms with Gasteiger partial charge in [0.2, 0.25) is 5.13 Å². The highest BCUT2D eigenvalue weighted by Gasteiger charge is 2.22. The molecular weight excluding hydrogens is 450 g/mol. The highest BCUT2D eigenvalue weighted by Crippen LogP contribution is 2.31. The monoisotopic (exact) mass is 469 g/mol. The number of nitrogens with zero attached hydrogens (tertiary/aromatic N) is 3. The minimum Gasteiger partial charge on any atom is -0.510 e. The number of anilines is 2. The van der Waals surface area contributed by atoms with Crippen molar-refractivity contribution in [3.63, 3.8) is 0 Å². The maximum Gasteiger partial charge on any atom is 0.345 e. The quantitative estimate of drug-likeness (QED) is 0.149. The van der Waals surface area contributed by atoms with Gasteiger partial charge in [0.15, 0.2) is 4.34 Å². The van der Waals surface area contributed by atoms with Gasteiger partial charge in [0.05, 0.1) is 31.0 Å². The van der Waals surface area contributed by atoms with Gasteiger partial charge < -0.3 is 24.9 Å². The Morgan fingerprint density at radius 2 is 2.03 bits per heavy atom. The van der Waals surface area contributed by atoms with Crippen molar-refractivity contribution in [1.82, 2.24) is 20.2 Å². The molecule has 2 heterocycles. The van der Waals surface area contributed by atoms with Crippen LogP contribution in [0.25, 0.3) is 16.6 Å². The van der Waals surface area contributed by atoms with E-state index in [1.165, 1.54) is 30.2 Å². The summed E-state index contributed by atoms with van der Waals surface area (Å²) in [6.07, 6.45) is 0. The molecule has 0 aliphatic carbocycles. The standard InChI is InChI=1S/C21H19N5O4S2/c1-29-13-7-5-6-12(10-13)22-20-25-26-21(32-20)31-11-16(27)17(19(28)30-2)18-23-14-8-3-4-9-15(14)24-18/h3-10,27H,11H2,1-2H3,(H,22,25)(H,23,24)/b17-16+. The van der Waals surface area contributed by atoms with Crippen LogP contribution >= 0.6 is 23.1 Å². The van der Waals surface area contributed by atoms with E-state index in [9.17, 15) is 9.90 Å². The van der Waals surface area contributed by atoms with E-state index in [-0.39, 0.29) is 22.9 Å². The van der Waals surface area contributed by atoms with Gasteiger partial charge in [-0.25, -0.2) is 9.78 Å². The number of aromatic amines is 1. The molecule has 4 aromatic rings. The molecule has 3 N–H and O–H groups in total. The summed E-state index contributed by atoms with van der Waals surface area (Å²) in [6.45, 7) is 0. The van der Waals surface area contributed by atoms with E-state index in [4.69, 9.17) is 9.47 Å². The zero-order chi connectivity index (χ0) is 22.5. The summed E-state index contributed by atoms with van der Waals surface area (Å²) in [5.74, 6) is 0.215. The number of aliphatic hydroxyl groups excluding tert-OH is 1. The van der Waals surface area contributed by atoms with Crippen molar-refractivity contribution < 1.29 is 19.4 Å². The third-order valence-electron chi connectivity index (χ3n) is 4.36. The third-order valence-corrected chi connectivity index (χ3v) is 6.35. The number of thioether (sulfide) groups is 1. The Labute approximate surface area is 191 Å². The number of carbonyl (C=O) groups excluding carboxylic acids is 1. The van der Waals surface area contributed by atoms with E-state index in [1.54, 1.807) is 7.11 Å². The Morgan fingerprint density at radius 1 is 1.19 bits per heavy atom. The normalized spacial score (nSPS) is 11.8. The zero-order valence-corrected chi connectivity index (χ0v) is 18.8. The summed E-state index contributed by atoms with van der Waals surface area (Å²) in [4.78, 5) is 19.8. The first-order valence-electron chi connectivity index (χ1n) is 9.40. The molecule has 2 aromatic heterocycles. The van der Waals surface area contributed by atoms with E-state index in [2.05, 4.69) is 25.5 Å². The summed E-state index contributed by atoms with van der Waals surface area (Å²) < 4.78 is 10.7. The Kier molecular flexibility index (Phi) is 6.57. The second-order valence-corrected chi connectivity index (χ2v) is 8.63. The topological polar surface area (TPSA) is 122 Å². The molecule has 9 nitrogen and oxygen atoms in total. The number of fused-ring (bicyclic) bond motifs is 1. The van der Waals surface area contributed by atoms with Gasteiger partial charge in [-0.2, -0.15) is 0 Å². The number of H-pyrrole nitrogens is 1. The van der Waals surface area contributed by atoms with Crippen LogP contribution in [0.2, 0.25) is 0 Å². The van der Waals surface area contributed by atoms with Gasteiger partial charge in [0.1, 0.15) is 22.9 Å². The fourth-order valence-corrected chi connectivity index (χ4v) is 4.52. The van der Waals surface area contributed by atoms with Gasteiger partial charge in [-0.1, -0.05) is 41.3 Å². The first-order valence-corrected chi connectivity index (χ1v) is 11.2. The highest BCUT2D eigenvalue weighted by atomic mass is 32.2. The predicted octanol–water partition coefficient (Wildman–Crippen LogP) is 4.40. The molecule has 0 aliphatic heterocycles. The van der Waals surface area contributed by atoms with Gasteiger partial charge in [-0.05, 0) is 24.3 Å². The zero-order valence-electron chi connectivity index (χ0n) is 17.2. The molecule has 0 aliphatic rings. The maximum atomic E-state index is 12.3. The molecule has 0 unspecified atom stereocenters. The number of imidazole rings is 1. The lowest BCUT2D eigenvalue weighted by Crippen LogP contribution is -2.09. The number of aromatic nitrogens is 4.